The lowest BCUT2D eigenvalue weighted by Gasteiger charge is -2.27. The van der Waals surface area contributed by atoms with Crippen LogP contribution >= 0.6 is 0 Å². The van der Waals surface area contributed by atoms with Crippen molar-refractivity contribution in [3.63, 3.8) is 0 Å². The first-order valence-corrected chi connectivity index (χ1v) is 16.0. The molecule has 0 bridgehead atoms. The number of anilines is 1. The van der Waals surface area contributed by atoms with E-state index in [1.54, 1.807) is 0 Å². The standard InChI is InChI=1S/C41H45N2/c1-40(2)34-24-11-13-26-36(34)42(30-16-22-32-18-7-5-8-19-32)38(40)28-15-29-39-41(3,4)35-25-12-14-27-37(35)43(39)31-17-23-33-20-9-6-10-21-33/h5-15,18-21,24-29H,16-17,22-23,30-31H2,1-4H3/q+1. The van der Waals surface area contributed by atoms with Crippen LogP contribution in [0.5, 0.6) is 0 Å². The summed E-state index contributed by atoms with van der Waals surface area (Å²) in [5, 5.41) is 0. The van der Waals surface area contributed by atoms with Crippen LogP contribution in [-0.2, 0) is 23.7 Å². The van der Waals surface area contributed by atoms with Gasteiger partial charge in [-0.2, -0.15) is 4.58 Å². The largest absolute Gasteiger partial charge is 0.344 e. The summed E-state index contributed by atoms with van der Waals surface area (Å²) < 4.78 is 2.57. The fraction of sp³-hybridized carbons (Fsp3) is 0.293. The van der Waals surface area contributed by atoms with E-state index in [0.717, 1.165) is 38.8 Å². The van der Waals surface area contributed by atoms with E-state index in [1.165, 1.54) is 45.0 Å². The Hall–Kier alpha value is -4.17. The summed E-state index contributed by atoms with van der Waals surface area (Å²) in [7, 11) is 0. The van der Waals surface area contributed by atoms with Gasteiger partial charge in [0.15, 0.2) is 5.71 Å². The maximum atomic E-state index is 2.57. The number of allylic oxidation sites excluding steroid dienone is 4. The molecular weight excluding hydrogens is 520 g/mol. The van der Waals surface area contributed by atoms with E-state index in [2.05, 4.69) is 165 Å². The first kappa shape index (κ1) is 28.9. The second kappa shape index (κ2) is 12.2. The number of para-hydroxylation sites is 2. The van der Waals surface area contributed by atoms with Crippen LogP contribution in [0.4, 0.5) is 11.4 Å². The number of benzene rings is 4. The van der Waals surface area contributed by atoms with Gasteiger partial charge in [-0.25, -0.2) is 0 Å². The first-order valence-electron chi connectivity index (χ1n) is 16.0. The molecule has 2 heterocycles. The Balaban J connectivity index is 1.29. The molecule has 0 radical (unpaired) electrons. The van der Waals surface area contributed by atoms with Crippen molar-refractivity contribution in [2.75, 3.05) is 18.0 Å². The minimum Gasteiger partial charge on any atom is -0.344 e. The maximum absolute atomic E-state index is 2.57. The van der Waals surface area contributed by atoms with Crippen molar-refractivity contribution in [3.8, 4) is 0 Å². The zero-order valence-corrected chi connectivity index (χ0v) is 26.3. The zero-order valence-electron chi connectivity index (χ0n) is 26.3. The number of aryl methyl sites for hydroxylation is 2. The van der Waals surface area contributed by atoms with Crippen LogP contribution < -0.4 is 4.90 Å². The molecule has 0 fully saturated rings. The van der Waals surface area contributed by atoms with Gasteiger partial charge in [0.05, 0.1) is 5.41 Å². The topological polar surface area (TPSA) is 6.25 Å². The Morgan fingerprint density at radius 2 is 1.21 bits per heavy atom. The molecule has 0 atom stereocenters. The van der Waals surface area contributed by atoms with Crippen molar-refractivity contribution in [3.05, 3.63) is 155 Å². The molecule has 6 rings (SSSR count). The Morgan fingerprint density at radius 3 is 1.91 bits per heavy atom. The summed E-state index contributed by atoms with van der Waals surface area (Å²) in [5.74, 6) is 0. The quantitative estimate of drug-likeness (QED) is 0.174. The molecule has 2 nitrogen and oxygen atoms in total. The van der Waals surface area contributed by atoms with Crippen molar-refractivity contribution in [1.29, 1.82) is 0 Å². The fourth-order valence-electron chi connectivity index (χ4n) is 7.17. The summed E-state index contributed by atoms with van der Waals surface area (Å²) in [4.78, 5) is 2.57. The average Bonchev–Trinajstić information content (AvgIpc) is 3.37. The lowest BCUT2D eigenvalue weighted by atomic mass is 9.81. The molecule has 0 aliphatic carbocycles. The second-order valence-corrected chi connectivity index (χ2v) is 13.1. The van der Waals surface area contributed by atoms with Crippen LogP contribution in [0.3, 0.4) is 0 Å². The second-order valence-electron chi connectivity index (χ2n) is 13.1. The highest BCUT2D eigenvalue weighted by molar-refractivity contribution is 6.03. The molecule has 43 heavy (non-hydrogen) atoms. The van der Waals surface area contributed by atoms with E-state index in [0.29, 0.717) is 0 Å². The van der Waals surface area contributed by atoms with Crippen molar-refractivity contribution < 1.29 is 4.58 Å². The van der Waals surface area contributed by atoms with Crippen molar-refractivity contribution in [1.82, 2.24) is 0 Å². The maximum Gasteiger partial charge on any atom is 0.209 e. The highest BCUT2D eigenvalue weighted by Gasteiger charge is 2.44. The Labute approximate surface area is 258 Å². The zero-order chi connectivity index (χ0) is 29.9. The molecule has 0 N–H and O–H groups in total. The predicted molar refractivity (Wildman–Crippen MR) is 183 cm³/mol. The minimum absolute atomic E-state index is 0.0537. The van der Waals surface area contributed by atoms with Gasteiger partial charge in [0.25, 0.3) is 0 Å². The smallest absolute Gasteiger partial charge is 0.209 e. The molecule has 218 valence electrons. The summed E-state index contributed by atoms with van der Waals surface area (Å²) in [6.45, 7) is 11.5. The molecule has 0 unspecified atom stereocenters. The van der Waals surface area contributed by atoms with Crippen molar-refractivity contribution in [2.24, 2.45) is 0 Å². The van der Waals surface area contributed by atoms with E-state index >= 15 is 0 Å². The number of fused-ring (bicyclic) bond motifs is 2. The number of hydrogen-bond donors (Lipinski definition) is 0. The Bertz CT molecular complexity index is 1650. The van der Waals surface area contributed by atoms with Gasteiger partial charge in [-0.3, -0.25) is 0 Å². The van der Waals surface area contributed by atoms with Crippen LogP contribution in [0.2, 0.25) is 0 Å². The van der Waals surface area contributed by atoms with Crippen LogP contribution in [0, 0.1) is 0 Å². The van der Waals surface area contributed by atoms with Gasteiger partial charge in [-0.15, -0.1) is 0 Å². The summed E-state index contributed by atoms with van der Waals surface area (Å²) in [5.41, 5.74) is 11.0. The van der Waals surface area contributed by atoms with E-state index in [9.17, 15) is 0 Å². The fourth-order valence-corrected chi connectivity index (χ4v) is 7.17. The molecule has 0 spiro atoms. The van der Waals surface area contributed by atoms with Gasteiger partial charge < -0.3 is 4.90 Å². The van der Waals surface area contributed by atoms with E-state index in [4.69, 9.17) is 0 Å². The van der Waals surface area contributed by atoms with Crippen LogP contribution in [0.25, 0.3) is 0 Å². The molecular formula is C41H45N2+. The molecule has 4 aromatic rings. The van der Waals surface area contributed by atoms with Crippen LogP contribution in [-0.4, -0.2) is 23.4 Å². The Kier molecular flexibility index (Phi) is 8.21. The van der Waals surface area contributed by atoms with E-state index in [1.807, 2.05) is 0 Å². The normalized spacial score (nSPS) is 17.6. The van der Waals surface area contributed by atoms with Gasteiger partial charge in [0.1, 0.15) is 6.54 Å². The lowest BCUT2D eigenvalue weighted by Crippen LogP contribution is -2.28. The molecule has 2 aliphatic heterocycles. The summed E-state index contributed by atoms with van der Waals surface area (Å²) in [6, 6.07) is 39.7. The third kappa shape index (κ3) is 5.76. The number of rotatable bonds is 10. The SMILES string of the molecule is CC1(C)C(/C=C/C=C2\N(CCCc3ccccc3)c3ccccc3C2(C)C)=[N+](CCCc2ccccc2)c2ccccc21. The van der Waals surface area contributed by atoms with Crippen molar-refractivity contribution >= 4 is 17.1 Å². The molecule has 2 heteroatoms. The van der Waals surface area contributed by atoms with Gasteiger partial charge in [-0.1, -0.05) is 117 Å². The molecule has 0 saturated heterocycles. The minimum atomic E-state index is -0.0537. The number of hydrogen-bond acceptors (Lipinski definition) is 1. The summed E-state index contributed by atoms with van der Waals surface area (Å²) >= 11 is 0. The average molecular weight is 566 g/mol. The summed E-state index contributed by atoms with van der Waals surface area (Å²) in [6.07, 6.45) is 11.5. The van der Waals surface area contributed by atoms with Gasteiger partial charge in [0.2, 0.25) is 5.69 Å². The molecule has 0 aromatic heterocycles. The van der Waals surface area contributed by atoms with Crippen molar-refractivity contribution in [2.45, 2.75) is 64.2 Å². The van der Waals surface area contributed by atoms with E-state index in [-0.39, 0.29) is 10.8 Å². The monoisotopic (exact) mass is 565 g/mol. The highest BCUT2D eigenvalue weighted by Crippen LogP contribution is 2.48. The van der Waals surface area contributed by atoms with E-state index < -0.39 is 0 Å². The predicted octanol–water partition coefficient (Wildman–Crippen LogP) is 9.57. The number of nitrogens with zero attached hydrogens (tertiary/aromatic N) is 2. The molecule has 0 saturated carbocycles. The van der Waals surface area contributed by atoms with Crippen LogP contribution in [0.1, 0.15) is 62.8 Å². The van der Waals surface area contributed by atoms with Gasteiger partial charge in [0, 0.05) is 47.5 Å². The lowest BCUT2D eigenvalue weighted by molar-refractivity contribution is -0.438. The Morgan fingerprint density at radius 1 is 0.628 bits per heavy atom. The van der Waals surface area contributed by atoms with Gasteiger partial charge in [-0.05, 0) is 61.9 Å². The third-order valence-corrected chi connectivity index (χ3v) is 9.49. The van der Waals surface area contributed by atoms with Gasteiger partial charge >= 0.3 is 0 Å². The molecule has 2 aliphatic rings. The first-order chi connectivity index (χ1) is 20.9. The van der Waals surface area contributed by atoms with Crippen LogP contribution in [0.15, 0.2) is 133 Å². The highest BCUT2D eigenvalue weighted by atomic mass is 15.2. The molecule has 4 aromatic carbocycles. The third-order valence-electron chi connectivity index (χ3n) is 9.49. The molecule has 0 amide bonds.